The minimum absolute atomic E-state index is 0.0786. The molecule has 1 saturated heterocycles. The fraction of sp³-hybridized carbons (Fsp3) is 0.357. The lowest BCUT2D eigenvalue weighted by Gasteiger charge is -2.10. The van der Waals surface area contributed by atoms with Crippen LogP contribution in [0.5, 0.6) is 0 Å². The van der Waals surface area contributed by atoms with E-state index in [1.807, 2.05) is 0 Å². The maximum Gasteiger partial charge on any atom is 0.232 e. The van der Waals surface area contributed by atoms with Gasteiger partial charge in [-0.3, -0.25) is 19.3 Å². The summed E-state index contributed by atoms with van der Waals surface area (Å²) >= 11 is 2.57. The van der Waals surface area contributed by atoms with Crippen molar-refractivity contribution in [1.82, 2.24) is 9.97 Å². The maximum atomic E-state index is 12.0. The zero-order valence-electron chi connectivity index (χ0n) is 12.4. The lowest BCUT2D eigenvalue weighted by molar-refractivity contribution is -0.117. The van der Waals surface area contributed by atoms with Crippen LogP contribution in [-0.2, 0) is 16.0 Å². The summed E-state index contributed by atoms with van der Waals surface area (Å²) in [6.45, 7) is 2.11. The Bertz CT molecular complexity index is 768. The number of aromatic nitrogens is 2. The van der Waals surface area contributed by atoms with Gasteiger partial charge in [-0.05, 0) is 6.42 Å². The van der Waals surface area contributed by atoms with Crippen LogP contribution in [-0.4, -0.2) is 34.1 Å². The average molecular weight is 350 g/mol. The zero-order valence-corrected chi connectivity index (χ0v) is 14.0. The first kappa shape index (κ1) is 15.8. The van der Waals surface area contributed by atoms with Gasteiger partial charge in [0.25, 0.3) is 0 Å². The summed E-state index contributed by atoms with van der Waals surface area (Å²) < 4.78 is 0. The molecule has 2 aromatic rings. The molecule has 2 amide bonds. The van der Waals surface area contributed by atoms with Gasteiger partial charge in [0.15, 0.2) is 16.0 Å². The molecule has 0 unspecified atom stereocenters. The number of carbonyl (C=O) groups excluding carboxylic acids is 3. The molecule has 1 fully saturated rings. The van der Waals surface area contributed by atoms with Crippen molar-refractivity contribution in [1.29, 1.82) is 0 Å². The number of nitrogens with zero attached hydrogens (tertiary/aromatic N) is 3. The van der Waals surface area contributed by atoms with E-state index in [1.165, 1.54) is 29.6 Å². The number of thiazole rings is 2. The van der Waals surface area contributed by atoms with Crippen LogP contribution in [0.25, 0.3) is 0 Å². The highest BCUT2D eigenvalue weighted by Gasteiger charge is 2.24. The molecule has 0 aliphatic carbocycles. The maximum absolute atomic E-state index is 12.0. The highest BCUT2D eigenvalue weighted by Crippen LogP contribution is 2.25. The Labute approximate surface area is 140 Å². The van der Waals surface area contributed by atoms with Crippen LogP contribution in [0.4, 0.5) is 10.3 Å². The molecule has 3 rings (SSSR count). The second kappa shape index (κ2) is 6.55. The minimum atomic E-state index is -0.251. The number of anilines is 2. The van der Waals surface area contributed by atoms with Gasteiger partial charge in [-0.2, -0.15) is 0 Å². The molecular formula is C14H14N4O3S2. The Balaban J connectivity index is 1.60. The molecular weight excluding hydrogens is 336 g/mol. The summed E-state index contributed by atoms with van der Waals surface area (Å²) in [5.74, 6) is -0.310. The number of carbonyl (C=O) groups is 3. The van der Waals surface area contributed by atoms with Crippen molar-refractivity contribution < 1.29 is 14.4 Å². The SMILES string of the molecule is CC(=O)c1csc(NC(=O)Cc2csc(N3CCCC3=O)n2)n1. The summed E-state index contributed by atoms with van der Waals surface area (Å²) in [5.41, 5.74) is 0.958. The van der Waals surface area contributed by atoms with E-state index in [1.54, 1.807) is 15.7 Å². The smallest absolute Gasteiger partial charge is 0.232 e. The van der Waals surface area contributed by atoms with E-state index in [9.17, 15) is 14.4 Å². The first-order valence-corrected chi connectivity index (χ1v) is 8.80. The van der Waals surface area contributed by atoms with Crippen molar-refractivity contribution in [3.8, 4) is 0 Å². The molecule has 1 aliphatic rings. The molecule has 1 aliphatic heterocycles. The number of rotatable bonds is 5. The Kier molecular flexibility index (Phi) is 4.49. The second-order valence-electron chi connectivity index (χ2n) is 5.09. The number of hydrogen-bond acceptors (Lipinski definition) is 7. The Morgan fingerprint density at radius 2 is 2.13 bits per heavy atom. The Morgan fingerprint density at radius 3 is 2.78 bits per heavy atom. The van der Waals surface area contributed by atoms with E-state index in [4.69, 9.17) is 0 Å². The molecule has 9 heteroatoms. The highest BCUT2D eigenvalue weighted by molar-refractivity contribution is 7.14. The van der Waals surface area contributed by atoms with Crippen molar-refractivity contribution in [2.75, 3.05) is 16.8 Å². The van der Waals surface area contributed by atoms with E-state index >= 15 is 0 Å². The standard InChI is InChI=1S/C14H14N4O3S2/c1-8(19)10-7-22-13(16-10)17-11(20)5-9-6-23-14(15-9)18-4-2-3-12(18)21/h6-7H,2-5H2,1H3,(H,16,17,20). The normalized spacial score (nSPS) is 14.3. The topological polar surface area (TPSA) is 92.3 Å². The van der Waals surface area contributed by atoms with Gasteiger partial charge in [0, 0.05) is 30.6 Å². The van der Waals surface area contributed by atoms with Crippen molar-refractivity contribution in [2.45, 2.75) is 26.2 Å². The first-order valence-electron chi connectivity index (χ1n) is 7.04. The molecule has 1 N–H and O–H groups in total. The van der Waals surface area contributed by atoms with Crippen LogP contribution < -0.4 is 10.2 Å². The summed E-state index contributed by atoms with van der Waals surface area (Å²) in [4.78, 5) is 44.9. The quantitative estimate of drug-likeness (QED) is 0.834. The molecule has 23 heavy (non-hydrogen) atoms. The largest absolute Gasteiger partial charge is 0.302 e. The third-order valence-corrected chi connectivity index (χ3v) is 4.97. The van der Waals surface area contributed by atoms with Crippen LogP contribution in [0.2, 0.25) is 0 Å². The van der Waals surface area contributed by atoms with Crippen molar-refractivity contribution in [3.05, 3.63) is 22.1 Å². The third kappa shape index (κ3) is 3.62. The summed E-state index contributed by atoms with van der Waals surface area (Å²) in [6, 6.07) is 0. The van der Waals surface area contributed by atoms with Crippen molar-refractivity contribution >= 4 is 50.5 Å². The average Bonchev–Trinajstić information content (AvgIpc) is 3.19. The van der Waals surface area contributed by atoms with Gasteiger partial charge >= 0.3 is 0 Å². The monoisotopic (exact) mass is 350 g/mol. The fourth-order valence-corrected chi connectivity index (χ4v) is 3.81. The van der Waals surface area contributed by atoms with E-state index < -0.39 is 0 Å². The van der Waals surface area contributed by atoms with Gasteiger partial charge in [-0.25, -0.2) is 9.97 Å². The number of nitrogens with one attached hydrogen (secondary N) is 1. The van der Waals surface area contributed by atoms with Crippen LogP contribution in [0.3, 0.4) is 0 Å². The summed E-state index contributed by atoms with van der Waals surface area (Å²) in [7, 11) is 0. The van der Waals surface area contributed by atoms with Gasteiger partial charge in [0.1, 0.15) is 5.69 Å². The molecule has 0 spiro atoms. The van der Waals surface area contributed by atoms with Gasteiger partial charge in [-0.15, -0.1) is 22.7 Å². The lowest BCUT2D eigenvalue weighted by atomic mass is 10.3. The van der Waals surface area contributed by atoms with E-state index in [2.05, 4.69) is 15.3 Å². The molecule has 0 saturated carbocycles. The second-order valence-corrected chi connectivity index (χ2v) is 6.78. The summed E-state index contributed by atoms with van der Waals surface area (Å²) in [5, 5.41) is 7.08. The number of hydrogen-bond donors (Lipinski definition) is 1. The molecule has 7 nitrogen and oxygen atoms in total. The van der Waals surface area contributed by atoms with E-state index in [0.717, 1.165) is 6.42 Å². The minimum Gasteiger partial charge on any atom is -0.302 e. The van der Waals surface area contributed by atoms with Crippen LogP contribution >= 0.6 is 22.7 Å². The third-order valence-electron chi connectivity index (χ3n) is 3.30. The van der Waals surface area contributed by atoms with Gasteiger partial charge < -0.3 is 5.32 Å². The Hall–Kier alpha value is -2.13. The molecule has 0 radical (unpaired) electrons. The molecule has 0 aromatic carbocycles. The van der Waals surface area contributed by atoms with Crippen molar-refractivity contribution in [3.63, 3.8) is 0 Å². The number of amides is 2. The highest BCUT2D eigenvalue weighted by atomic mass is 32.1. The van der Waals surface area contributed by atoms with E-state index in [-0.39, 0.29) is 24.0 Å². The van der Waals surface area contributed by atoms with Gasteiger partial charge in [-0.1, -0.05) is 0 Å². The molecule has 3 heterocycles. The molecule has 120 valence electrons. The van der Waals surface area contributed by atoms with Crippen LogP contribution in [0.1, 0.15) is 35.9 Å². The first-order chi connectivity index (χ1) is 11.0. The van der Waals surface area contributed by atoms with Crippen molar-refractivity contribution in [2.24, 2.45) is 0 Å². The Morgan fingerprint density at radius 1 is 1.30 bits per heavy atom. The fourth-order valence-electron chi connectivity index (χ4n) is 2.17. The predicted molar refractivity (Wildman–Crippen MR) is 88.2 cm³/mol. The molecule has 0 bridgehead atoms. The van der Waals surface area contributed by atoms with Crippen LogP contribution in [0.15, 0.2) is 10.8 Å². The molecule has 0 atom stereocenters. The predicted octanol–water partition coefficient (Wildman–Crippen LogP) is 2.11. The van der Waals surface area contributed by atoms with Gasteiger partial charge in [0.05, 0.1) is 12.1 Å². The van der Waals surface area contributed by atoms with Crippen LogP contribution in [0, 0.1) is 0 Å². The zero-order chi connectivity index (χ0) is 16.4. The number of Topliss-reactive ketones (excluding diaryl/α,β-unsaturated/α-hetero) is 1. The number of ketones is 1. The summed E-state index contributed by atoms with van der Waals surface area (Å²) in [6.07, 6.45) is 1.50. The lowest BCUT2D eigenvalue weighted by Crippen LogP contribution is -2.23. The molecule has 2 aromatic heterocycles. The van der Waals surface area contributed by atoms with E-state index in [0.29, 0.717) is 34.6 Å². The van der Waals surface area contributed by atoms with Gasteiger partial charge in [0.2, 0.25) is 11.8 Å².